The normalized spacial score (nSPS) is 21.4. The Morgan fingerprint density at radius 3 is 3.00 bits per heavy atom. The van der Waals surface area contributed by atoms with E-state index in [2.05, 4.69) is 17.9 Å². The molecule has 3 nitrogen and oxygen atoms in total. The van der Waals surface area contributed by atoms with Crippen molar-refractivity contribution >= 4 is 17.6 Å². The molecule has 1 saturated heterocycles. The number of rotatable bonds is 3. The van der Waals surface area contributed by atoms with Crippen molar-refractivity contribution in [3.8, 4) is 0 Å². The number of hydrogen-bond donors (Lipinski definition) is 2. The molecule has 0 amide bonds. The molecule has 1 heterocycles. The predicted octanol–water partition coefficient (Wildman–Crippen LogP) is 1.91. The molecule has 1 unspecified atom stereocenters. The van der Waals surface area contributed by atoms with Crippen LogP contribution in [0.4, 0.5) is 0 Å². The summed E-state index contributed by atoms with van der Waals surface area (Å²) in [4.78, 5) is 2.47. The summed E-state index contributed by atoms with van der Waals surface area (Å²) in [5.41, 5.74) is 7.65. The van der Waals surface area contributed by atoms with Gasteiger partial charge < -0.3 is 5.73 Å². The third kappa shape index (κ3) is 3.01. The molecule has 2 rings (SSSR count). The van der Waals surface area contributed by atoms with Gasteiger partial charge in [0.05, 0.1) is 0 Å². The smallest absolute Gasteiger partial charge is 0.123 e. The van der Waals surface area contributed by atoms with Crippen molar-refractivity contribution in [2.24, 2.45) is 5.73 Å². The van der Waals surface area contributed by atoms with Crippen LogP contribution in [0.3, 0.4) is 0 Å². The van der Waals surface area contributed by atoms with Gasteiger partial charge in [-0.1, -0.05) is 24.3 Å². The van der Waals surface area contributed by atoms with E-state index in [0.717, 1.165) is 18.7 Å². The Kier molecular flexibility index (Phi) is 4.07. The van der Waals surface area contributed by atoms with Crippen molar-refractivity contribution in [2.45, 2.75) is 19.5 Å². The lowest BCUT2D eigenvalue weighted by atomic mass is 10.1. The highest BCUT2D eigenvalue weighted by Gasteiger charge is 2.19. The number of nitrogen functional groups attached to an aromatic ring is 1. The number of benzene rings is 1. The zero-order valence-corrected chi connectivity index (χ0v) is 11.0. The SMILES string of the molecule is CC1CSCCN1Cc1ccccc1C(=N)N. The first-order valence-electron chi connectivity index (χ1n) is 5.92. The molecule has 0 bridgehead atoms. The molecule has 0 saturated carbocycles. The van der Waals surface area contributed by atoms with Crippen LogP contribution in [0.1, 0.15) is 18.1 Å². The summed E-state index contributed by atoms with van der Waals surface area (Å²) in [7, 11) is 0. The molecule has 1 atom stereocenters. The van der Waals surface area contributed by atoms with Gasteiger partial charge in [0, 0.05) is 36.2 Å². The molecule has 1 fully saturated rings. The second kappa shape index (κ2) is 5.56. The van der Waals surface area contributed by atoms with Gasteiger partial charge in [-0.25, -0.2) is 0 Å². The standard InChI is InChI=1S/C13H19N3S/c1-10-9-17-7-6-16(10)8-11-4-2-3-5-12(11)13(14)15/h2-5,10H,6-9H2,1H3,(H3,14,15). The third-order valence-electron chi connectivity index (χ3n) is 3.19. The van der Waals surface area contributed by atoms with Gasteiger partial charge in [0.2, 0.25) is 0 Å². The zero-order chi connectivity index (χ0) is 12.3. The first-order chi connectivity index (χ1) is 8.18. The first-order valence-corrected chi connectivity index (χ1v) is 7.08. The van der Waals surface area contributed by atoms with Crippen LogP contribution in [0, 0.1) is 5.41 Å². The van der Waals surface area contributed by atoms with Crippen molar-refractivity contribution in [2.75, 3.05) is 18.1 Å². The van der Waals surface area contributed by atoms with Crippen molar-refractivity contribution in [3.63, 3.8) is 0 Å². The summed E-state index contributed by atoms with van der Waals surface area (Å²) >= 11 is 2.02. The summed E-state index contributed by atoms with van der Waals surface area (Å²) in [6.45, 7) is 4.29. The fourth-order valence-electron chi connectivity index (χ4n) is 2.14. The molecule has 17 heavy (non-hydrogen) atoms. The van der Waals surface area contributed by atoms with Crippen LogP contribution in [-0.2, 0) is 6.54 Å². The average Bonchev–Trinajstić information content (AvgIpc) is 2.32. The van der Waals surface area contributed by atoms with E-state index in [1.807, 2.05) is 30.0 Å². The number of nitrogens with one attached hydrogen (secondary N) is 1. The molecule has 0 radical (unpaired) electrons. The molecule has 4 heteroatoms. The minimum Gasteiger partial charge on any atom is -0.384 e. The highest BCUT2D eigenvalue weighted by molar-refractivity contribution is 7.99. The molecule has 3 N–H and O–H groups in total. The Hall–Kier alpha value is -1.00. The molecule has 1 aliphatic rings. The lowest BCUT2D eigenvalue weighted by Crippen LogP contribution is -2.40. The van der Waals surface area contributed by atoms with Crippen LogP contribution >= 0.6 is 11.8 Å². The van der Waals surface area contributed by atoms with Crippen LogP contribution < -0.4 is 5.73 Å². The molecule has 0 aliphatic carbocycles. The monoisotopic (exact) mass is 249 g/mol. The fraction of sp³-hybridized carbons (Fsp3) is 0.462. The summed E-state index contributed by atoms with van der Waals surface area (Å²) < 4.78 is 0. The van der Waals surface area contributed by atoms with Crippen molar-refractivity contribution in [1.29, 1.82) is 5.41 Å². The van der Waals surface area contributed by atoms with E-state index < -0.39 is 0 Å². The first kappa shape index (κ1) is 12.5. The Balaban J connectivity index is 2.14. The Bertz CT molecular complexity index is 405. The Labute approximate surface area is 107 Å². The van der Waals surface area contributed by atoms with Gasteiger partial charge in [0.25, 0.3) is 0 Å². The van der Waals surface area contributed by atoms with Gasteiger partial charge in [-0.2, -0.15) is 11.8 Å². The van der Waals surface area contributed by atoms with Crippen LogP contribution in [0.5, 0.6) is 0 Å². The van der Waals surface area contributed by atoms with E-state index in [9.17, 15) is 0 Å². The second-order valence-corrected chi connectivity index (χ2v) is 5.62. The summed E-state index contributed by atoms with van der Waals surface area (Å²) in [6, 6.07) is 8.57. The molecule has 1 aromatic rings. The van der Waals surface area contributed by atoms with E-state index in [0.29, 0.717) is 6.04 Å². The molecule has 0 spiro atoms. The van der Waals surface area contributed by atoms with E-state index in [4.69, 9.17) is 11.1 Å². The van der Waals surface area contributed by atoms with E-state index in [1.54, 1.807) is 0 Å². The number of thioether (sulfide) groups is 1. The number of nitrogens with two attached hydrogens (primary N) is 1. The molecule has 0 aromatic heterocycles. The summed E-state index contributed by atoms with van der Waals surface area (Å²) in [5.74, 6) is 2.56. The van der Waals surface area contributed by atoms with Gasteiger partial charge in [0.1, 0.15) is 5.84 Å². The maximum Gasteiger partial charge on any atom is 0.123 e. The summed E-state index contributed by atoms with van der Waals surface area (Å²) in [5, 5.41) is 7.60. The minimum absolute atomic E-state index is 0.166. The average molecular weight is 249 g/mol. The van der Waals surface area contributed by atoms with E-state index in [1.165, 1.54) is 17.1 Å². The van der Waals surface area contributed by atoms with Crippen LogP contribution in [0.2, 0.25) is 0 Å². The fourth-order valence-corrected chi connectivity index (χ4v) is 3.22. The number of amidine groups is 1. The van der Waals surface area contributed by atoms with Crippen LogP contribution in [0.15, 0.2) is 24.3 Å². The van der Waals surface area contributed by atoms with Gasteiger partial charge in [-0.15, -0.1) is 0 Å². The molecular weight excluding hydrogens is 230 g/mol. The number of nitrogens with zero attached hydrogens (tertiary/aromatic N) is 1. The highest BCUT2D eigenvalue weighted by Crippen LogP contribution is 2.20. The van der Waals surface area contributed by atoms with Gasteiger partial charge in [-0.05, 0) is 12.5 Å². The Morgan fingerprint density at radius 1 is 1.53 bits per heavy atom. The molecule has 1 aromatic carbocycles. The number of hydrogen-bond acceptors (Lipinski definition) is 3. The topological polar surface area (TPSA) is 53.1 Å². The van der Waals surface area contributed by atoms with Crippen molar-refractivity contribution in [3.05, 3.63) is 35.4 Å². The predicted molar refractivity (Wildman–Crippen MR) is 74.7 cm³/mol. The van der Waals surface area contributed by atoms with Gasteiger partial charge in [0.15, 0.2) is 0 Å². The van der Waals surface area contributed by atoms with Crippen molar-refractivity contribution in [1.82, 2.24) is 4.90 Å². The van der Waals surface area contributed by atoms with Crippen LogP contribution in [-0.4, -0.2) is 34.8 Å². The van der Waals surface area contributed by atoms with E-state index in [-0.39, 0.29) is 5.84 Å². The van der Waals surface area contributed by atoms with Crippen LogP contribution in [0.25, 0.3) is 0 Å². The lowest BCUT2D eigenvalue weighted by molar-refractivity contribution is 0.224. The minimum atomic E-state index is 0.166. The third-order valence-corrected chi connectivity index (χ3v) is 4.38. The van der Waals surface area contributed by atoms with Gasteiger partial charge in [-0.3, -0.25) is 10.3 Å². The maximum atomic E-state index is 7.60. The highest BCUT2D eigenvalue weighted by atomic mass is 32.2. The second-order valence-electron chi connectivity index (χ2n) is 4.47. The molecular formula is C13H19N3S. The van der Waals surface area contributed by atoms with Gasteiger partial charge >= 0.3 is 0 Å². The zero-order valence-electron chi connectivity index (χ0n) is 10.1. The Morgan fingerprint density at radius 2 is 2.29 bits per heavy atom. The maximum absolute atomic E-state index is 7.60. The summed E-state index contributed by atoms with van der Waals surface area (Å²) in [6.07, 6.45) is 0. The van der Waals surface area contributed by atoms with Crippen molar-refractivity contribution < 1.29 is 0 Å². The lowest BCUT2D eigenvalue weighted by Gasteiger charge is -2.33. The molecule has 1 aliphatic heterocycles. The quantitative estimate of drug-likeness (QED) is 0.635. The largest absolute Gasteiger partial charge is 0.384 e. The molecule has 92 valence electrons. The van der Waals surface area contributed by atoms with E-state index >= 15 is 0 Å².